The van der Waals surface area contributed by atoms with E-state index in [-0.39, 0.29) is 5.91 Å². The highest BCUT2D eigenvalue weighted by atomic mass is 35.5. The van der Waals surface area contributed by atoms with E-state index in [1.54, 1.807) is 42.5 Å². The maximum absolute atomic E-state index is 12.3. The Bertz CT molecular complexity index is 938. The maximum Gasteiger partial charge on any atom is 0.255 e. The predicted octanol–water partition coefficient (Wildman–Crippen LogP) is 5.40. The number of hydrogen-bond donors (Lipinski definition) is 2. The summed E-state index contributed by atoms with van der Waals surface area (Å²) in [5.74, 6) is 0.285. The Morgan fingerprint density at radius 1 is 0.846 bits per heavy atom. The van der Waals surface area contributed by atoms with Crippen molar-refractivity contribution in [3.8, 4) is 0 Å². The Kier molecular flexibility index (Phi) is 5.40. The van der Waals surface area contributed by atoms with Gasteiger partial charge in [0.25, 0.3) is 5.91 Å². The molecular formula is C19H16Cl2N4O. The zero-order chi connectivity index (χ0) is 18.7. The average Bonchev–Trinajstić information content (AvgIpc) is 2.58. The molecular weight excluding hydrogens is 371 g/mol. The number of nitrogens with zero attached hydrogens (tertiary/aromatic N) is 2. The molecule has 0 aliphatic heterocycles. The molecule has 1 heterocycles. The molecule has 2 aromatic carbocycles. The van der Waals surface area contributed by atoms with Gasteiger partial charge in [-0.25, -0.2) is 9.97 Å². The average molecular weight is 387 g/mol. The van der Waals surface area contributed by atoms with Crippen molar-refractivity contribution in [3.05, 3.63) is 75.5 Å². The molecule has 7 heteroatoms. The maximum atomic E-state index is 12.3. The van der Waals surface area contributed by atoms with Gasteiger partial charge in [-0.3, -0.25) is 4.79 Å². The highest BCUT2D eigenvalue weighted by Crippen LogP contribution is 2.25. The van der Waals surface area contributed by atoms with Crippen LogP contribution in [-0.4, -0.2) is 15.9 Å². The normalized spacial score (nSPS) is 10.5. The van der Waals surface area contributed by atoms with E-state index >= 15 is 0 Å². The number of carbonyl (C=O) groups excluding carboxylic acids is 1. The van der Waals surface area contributed by atoms with Crippen molar-refractivity contribution in [2.75, 3.05) is 10.6 Å². The zero-order valence-electron chi connectivity index (χ0n) is 14.2. The molecule has 1 amide bonds. The van der Waals surface area contributed by atoms with Crippen molar-refractivity contribution < 1.29 is 4.79 Å². The summed E-state index contributed by atoms with van der Waals surface area (Å²) in [7, 11) is 0. The largest absolute Gasteiger partial charge is 0.324 e. The van der Waals surface area contributed by atoms with Gasteiger partial charge in [-0.1, -0.05) is 23.2 Å². The lowest BCUT2D eigenvalue weighted by atomic mass is 10.2. The minimum Gasteiger partial charge on any atom is -0.324 e. The second-order valence-corrected chi connectivity index (χ2v) is 6.57. The molecule has 0 bridgehead atoms. The Labute approximate surface area is 161 Å². The van der Waals surface area contributed by atoms with E-state index in [0.717, 1.165) is 17.1 Å². The molecule has 0 aliphatic carbocycles. The van der Waals surface area contributed by atoms with E-state index in [4.69, 9.17) is 23.2 Å². The summed E-state index contributed by atoms with van der Waals surface area (Å²) in [5, 5.41) is 6.74. The lowest BCUT2D eigenvalue weighted by Gasteiger charge is -2.09. The number of carbonyl (C=O) groups is 1. The van der Waals surface area contributed by atoms with Crippen LogP contribution in [0.25, 0.3) is 0 Å². The first kappa shape index (κ1) is 18.2. The number of rotatable bonds is 4. The van der Waals surface area contributed by atoms with Gasteiger partial charge in [0.1, 0.15) is 0 Å². The van der Waals surface area contributed by atoms with Crippen LogP contribution in [0.1, 0.15) is 21.7 Å². The molecule has 26 heavy (non-hydrogen) atoms. The predicted molar refractivity (Wildman–Crippen MR) is 106 cm³/mol. The third kappa shape index (κ3) is 4.50. The molecule has 3 rings (SSSR count). The summed E-state index contributed by atoms with van der Waals surface area (Å²) in [6, 6.07) is 13.9. The van der Waals surface area contributed by atoms with Crippen LogP contribution in [0.5, 0.6) is 0 Å². The van der Waals surface area contributed by atoms with Crippen molar-refractivity contribution in [1.82, 2.24) is 9.97 Å². The Morgan fingerprint density at radius 2 is 1.46 bits per heavy atom. The molecule has 0 saturated heterocycles. The molecule has 0 fully saturated rings. The lowest BCUT2D eigenvalue weighted by Crippen LogP contribution is -2.11. The Balaban J connectivity index is 1.70. The van der Waals surface area contributed by atoms with Gasteiger partial charge in [-0.05, 0) is 62.4 Å². The van der Waals surface area contributed by atoms with Crippen molar-refractivity contribution in [2.24, 2.45) is 0 Å². The summed E-state index contributed by atoms with van der Waals surface area (Å²) in [5.41, 5.74) is 3.66. The van der Waals surface area contributed by atoms with Gasteiger partial charge in [0.05, 0.1) is 10.0 Å². The number of nitrogens with one attached hydrogen (secondary N) is 2. The standard InChI is InChI=1S/C19H16Cl2N4O/c1-11-9-12(2)23-19(22-11)25-14-5-3-13(4-6-14)18(26)24-15-7-8-16(20)17(21)10-15/h3-10H,1-2H3,(H,24,26)(H,22,23,25). The first-order valence-electron chi connectivity index (χ1n) is 7.86. The van der Waals surface area contributed by atoms with Crippen molar-refractivity contribution in [2.45, 2.75) is 13.8 Å². The molecule has 0 unspecified atom stereocenters. The van der Waals surface area contributed by atoms with Crippen LogP contribution >= 0.6 is 23.2 Å². The summed E-state index contributed by atoms with van der Waals surface area (Å²) in [6.07, 6.45) is 0. The number of amides is 1. The van der Waals surface area contributed by atoms with Crippen molar-refractivity contribution in [1.29, 1.82) is 0 Å². The fourth-order valence-corrected chi connectivity index (χ4v) is 2.69. The highest BCUT2D eigenvalue weighted by molar-refractivity contribution is 6.42. The lowest BCUT2D eigenvalue weighted by molar-refractivity contribution is 0.102. The zero-order valence-corrected chi connectivity index (χ0v) is 15.7. The SMILES string of the molecule is Cc1cc(C)nc(Nc2ccc(C(=O)Nc3ccc(Cl)c(Cl)c3)cc2)n1. The van der Waals surface area contributed by atoms with Crippen molar-refractivity contribution in [3.63, 3.8) is 0 Å². The molecule has 0 atom stereocenters. The van der Waals surface area contributed by atoms with Gasteiger partial charge in [0.2, 0.25) is 5.95 Å². The van der Waals surface area contributed by atoms with Gasteiger partial charge in [0, 0.05) is 28.3 Å². The Morgan fingerprint density at radius 3 is 2.08 bits per heavy atom. The molecule has 132 valence electrons. The van der Waals surface area contributed by atoms with Crippen LogP contribution in [0.4, 0.5) is 17.3 Å². The van der Waals surface area contributed by atoms with E-state index in [2.05, 4.69) is 20.6 Å². The smallest absolute Gasteiger partial charge is 0.255 e. The fourth-order valence-electron chi connectivity index (χ4n) is 2.39. The van der Waals surface area contributed by atoms with E-state index < -0.39 is 0 Å². The number of anilines is 3. The molecule has 3 aromatic rings. The van der Waals surface area contributed by atoms with E-state index in [0.29, 0.717) is 27.2 Å². The number of aromatic nitrogens is 2. The topological polar surface area (TPSA) is 66.9 Å². The summed E-state index contributed by atoms with van der Waals surface area (Å²) in [4.78, 5) is 21.0. The second-order valence-electron chi connectivity index (χ2n) is 5.76. The van der Waals surface area contributed by atoms with Crippen LogP contribution in [-0.2, 0) is 0 Å². The molecule has 0 radical (unpaired) electrons. The molecule has 1 aromatic heterocycles. The Hall–Kier alpha value is -2.63. The highest BCUT2D eigenvalue weighted by Gasteiger charge is 2.08. The molecule has 2 N–H and O–H groups in total. The van der Waals surface area contributed by atoms with Gasteiger partial charge in [-0.2, -0.15) is 0 Å². The first-order chi connectivity index (χ1) is 12.4. The van der Waals surface area contributed by atoms with Gasteiger partial charge >= 0.3 is 0 Å². The van der Waals surface area contributed by atoms with Crippen molar-refractivity contribution >= 4 is 46.4 Å². The van der Waals surface area contributed by atoms with Gasteiger partial charge < -0.3 is 10.6 Å². The van der Waals surface area contributed by atoms with Crippen LogP contribution in [0.3, 0.4) is 0 Å². The fraction of sp³-hybridized carbons (Fsp3) is 0.105. The third-order valence-corrected chi connectivity index (χ3v) is 4.30. The minimum absolute atomic E-state index is 0.238. The van der Waals surface area contributed by atoms with Crippen LogP contribution in [0.15, 0.2) is 48.5 Å². The van der Waals surface area contributed by atoms with Gasteiger partial charge in [0.15, 0.2) is 0 Å². The van der Waals surface area contributed by atoms with E-state index in [1.807, 2.05) is 19.9 Å². The number of halogens is 2. The van der Waals surface area contributed by atoms with Crippen LogP contribution in [0.2, 0.25) is 10.0 Å². The number of hydrogen-bond acceptors (Lipinski definition) is 4. The first-order valence-corrected chi connectivity index (χ1v) is 8.62. The summed E-state index contributed by atoms with van der Waals surface area (Å²) >= 11 is 11.8. The summed E-state index contributed by atoms with van der Waals surface area (Å²) in [6.45, 7) is 3.83. The molecule has 0 aliphatic rings. The van der Waals surface area contributed by atoms with Crippen LogP contribution < -0.4 is 10.6 Å². The monoisotopic (exact) mass is 386 g/mol. The summed E-state index contributed by atoms with van der Waals surface area (Å²) < 4.78 is 0. The van der Waals surface area contributed by atoms with Gasteiger partial charge in [-0.15, -0.1) is 0 Å². The third-order valence-electron chi connectivity index (χ3n) is 3.56. The van der Waals surface area contributed by atoms with E-state index in [9.17, 15) is 4.79 Å². The van der Waals surface area contributed by atoms with E-state index in [1.165, 1.54) is 0 Å². The number of aryl methyl sites for hydroxylation is 2. The molecule has 0 saturated carbocycles. The number of benzene rings is 2. The molecule has 0 spiro atoms. The second kappa shape index (κ2) is 7.72. The minimum atomic E-state index is -0.238. The quantitative estimate of drug-likeness (QED) is 0.629. The molecule has 5 nitrogen and oxygen atoms in total. The van der Waals surface area contributed by atoms with Crippen LogP contribution in [0, 0.1) is 13.8 Å².